The summed E-state index contributed by atoms with van der Waals surface area (Å²) in [4.78, 5) is 22.6. The number of aryl methyl sites for hydroxylation is 1. The first-order chi connectivity index (χ1) is 13.1. The molecule has 0 heterocycles. The normalized spacial score (nSPS) is 11.4. The molecule has 3 N–H and O–H groups in total. The average molecular weight is 402 g/mol. The molecule has 0 aliphatic rings. The number of phenolic OH excluding ortho intramolecular Hbond substituents is 1. The predicted molar refractivity (Wildman–Crippen MR) is 101 cm³/mol. The molecule has 0 atom stereocenters. The lowest BCUT2D eigenvalue weighted by Gasteiger charge is -2.12. The molecular formula is C18H14N2O7S. The molecule has 0 radical (unpaired) electrons. The SMILES string of the molecule is Cc1ccc(C(=O)Nc2ccc(S(=O)(=O)O)c3cc(O)ccc23)cc1[N+](=O)[O-]. The first-order valence-corrected chi connectivity index (χ1v) is 9.31. The van der Waals surface area contributed by atoms with Crippen LogP contribution in [-0.4, -0.2) is 28.9 Å². The van der Waals surface area contributed by atoms with Crippen LogP contribution in [0.1, 0.15) is 15.9 Å². The number of carbonyl (C=O) groups is 1. The minimum Gasteiger partial charge on any atom is -0.508 e. The molecular weight excluding hydrogens is 388 g/mol. The first kappa shape index (κ1) is 19.3. The smallest absolute Gasteiger partial charge is 0.295 e. The second-order valence-corrected chi connectivity index (χ2v) is 7.42. The summed E-state index contributed by atoms with van der Waals surface area (Å²) < 4.78 is 32.5. The van der Waals surface area contributed by atoms with Gasteiger partial charge in [-0.3, -0.25) is 19.5 Å². The highest BCUT2D eigenvalue weighted by Gasteiger charge is 2.19. The lowest BCUT2D eigenvalue weighted by atomic mass is 10.1. The Bertz CT molecular complexity index is 1240. The third-order valence-corrected chi connectivity index (χ3v) is 5.07. The van der Waals surface area contributed by atoms with Gasteiger partial charge in [0, 0.05) is 33.7 Å². The summed E-state index contributed by atoms with van der Waals surface area (Å²) in [6, 6.07) is 10.2. The van der Waals surface area contributed by atoms with E-state index in [9.17, 15) is 33.0 Å². The van der Waals surface area contributed by atoms with Crippen molar-refractivity contribution in [1.29, 1.82) is 0 Å². The molecule has 0 aliphatic carbocycles. The maximum Gasteiger partial charge on any atom is 0.295 e. The van der Waals surface area contributed by atoms with Crippen LogP contribution < -0.4 is 5.32 Å². The maximum atomic E-state index is 12.5. The van der Waals surface area contributed by atoms with Crippen molar-refractivity contribution >= 4 is 38.2 Å². The predicted octanol–water partition coefficient (Wildman–Crippen LogP) is 3.26. The number of benzene rings is 3. The molecule has 3 aromatic rings. The van der Waals surface area contributed by atoms with E-state index in [-0.39, 0.29) is 33.5 Å². The molecule has 3 aromatic carbocycles. The van der Waals surface area contributed by atoms with E-state index in [1.807, 2.05) is 0 Å². The van der Waals surface area contributed by atoms with E-state index in [1.165, 1.54) is 30.3 Å². The number of phenols is 1. The number of nitro benzene ring substituents is 1. The summed E-state index contributed by atoms with van der Waals surface area (Å²) in [5.41, 5.74) is 0.447. The summed E-state index contributed by atoms with van der Waals surface area (Å²) in [5, 5.41) is 23.5. The molecule has 0 aromatic heterocycles. The molecule has 0 bridgehead atoms. The zero-order chi connectivity index (χ0) is 20.6. The second-order valence-electron chi connectivity index (χ2n) is 6.03. The molecule has 9 nitrogen and oxygen atoms in total. The van der Waals surface area contributed by atoms with E-state index in [2.05, 4.69) is 5.32 Å². The van der Waals surface area contributed by atoms with Crippen LogP contribution in [0.15, 0.2) is 53.4 Å². The first-order valence-electron chi connectivity index (χ1n) is 7.87. The van der Waals surface area contributed by atoms with Crippen molar-refractivity contribution in [2.45, 2.75) is 11.8 Å². The van der Waals surface area contributed by atoms with Gasteiger partial charge in [0.15, 0.2) is 0 Å². The minimum atomic E-state index is -4.56. The Kier molecular flexibility index (Phi) is 4.75. The van der Waals surface area contributed by atoms with Gasteiger partial charge in [-0.25, -0.2) is 0 Å². The van der Waals surface area contributed by atoms with Gasteiger partial charge in [0.05, 0.1) is 4.92 Å². The number of rotatable bonds is 4. The summed E-state index contributed by atoms with van der Waals surface area (Å²) in [5.74, 6) is -0.868. The van der Waals surface area contributed by atoms with Gasteiger partial charge in [0.1, 0.15) is 10.6 Å². The number of carbonyl (C=O) groups excluding carboxylic acids is 1. The minimum absolute atomic E-state index is 0.00943. The Morgan fingerprint density at radius 3 is 2.43 bits per heavy atom. The van der Waals surface area contributed by atoms with Crippen molar-refractivity contribution in [3.05, 3.63) is 69.8 Å². The third kappa shape index (κ3) is 3.63. The van der Waals surface area contributed by atoms with Crippen LogP contribution in [0.5, 0.6) is 5.75 Å². The van der Waals surface area contributed by atoms with Crippen LogP contribution in [0.4, 0.5) is 11.4 Å². The summed E-state index contributed by atoms with van der Waals surface area (Å²) >= 11 is 0. The van der Waals surface area contributed by atoms with Crippen LogP contribution in [0.3, 0.4) is 0 Å². The Morgan fingerprint density at radius 1 is 1.07 bits per heavy atom. The number of aromatic hydroxyl groups is 1. The van der Waals surface area contributed by atoms with Gasteiger partial charge >= 0.3 is 0 Å². The van der Waals surface area contributed by atoms with Crippen LogP contribution in [0, 0.1) is 17.0 Å². The van der Waals surface area contributed by atoms with Gasteiger partial charge in [-0.15, -0.1) is 0 Å². The Labute approximate surface area is 159 Å². The Hall–Kier alpha value is -3.50. The third-order valence-electron chi connectivity index (χ3n) is 4.15. The summed E-state index contributed by atoms with van der Waals surface area (Å²) in [6.07, 6.45) is 0. The van der Waals surface area contributed by atoms with Gasteiger partial charge < -0.3 is 10.4 Å². The standard InChI is InChI=1S/C18H14N2O7S/c1-10-2-3-11(8-16(10)20(23)24)18(22)19-15-6-7-17(28(25,26)27)14-9-12(21)4-5-13(14)15/h2-9,21H,1H3,(H,19,22)(H,25,26,27). The number of nitrogens with one attached hydrogen (secondary N) is 1. The monoisotopic (exact) mass is 402 g/mol. The van der Waals surface area contributed by atoms with E-state index >= 15 is 0 Å². The van der Waals surface area contributed by atoms with Gasteiger partial charge in [0.2, 0.25) is 0 Å². The number of hydrogen-bond acceptors (Lipinski definition) is 6. The fraction of sp³-hybridized carbons (Fsp3) is 0.0556. The summed E-state index contributed by atoms with van der Waals surface area (Å²) in [7, 11) is -4.56. The second kappa shape index (κ2) is 6.91. The fourth-order valence-electron chi connectivity index (χ4n) is 2.79. The highest BCUT2D eigenvalue weighted by Crippen LogP contribution is 2.32. The molecule has 0 aliphatic heterocycles. The number of nitro groups is 1. The van der Waals surface area contributed by atoms with Gasteiger partial charge in [0.25, 0.3) is 21.7 Å². The molecule has 10 heteroatoms. The number of nitrogens with zero attached hydrogens (tertiary/aromatic N) is 1. The lowest BCUT2D eigenvalue weighted by Crippen LogP contribution is -2.13. The zero-order valence-electron chi connectivity index (χ0n) is 14.4. The van der Waals surface area contributed by atoms with E-state index in [0.29, 0.717) is 5.56 Å². The highest BCUT2D eigenvalue weighted by molar-refractivity contribution is 7.86. The van der Waals surface area contributed by atoms with E-state index in [4.69, 9.17) is 0 Å². The van der Waals surface area contributed by atoms with Crippen molar-refractivity contribution in [1.82, 2.24) is 0 Å². The molecule has 0 saturated heterocycles. The van der Waals surface area contributed by atoms with E-state index in [1.54, 1.807) is 6.92 Å². The maximum absolute atomic E-state index is 12.5. The average Bonchev–Trinajstić information content (AvgIpc) is 2.60. The van der Waals surface area contributed by atoms with Crippen LogP contribution in [0.2, 0.25) is 0 Å². The highest BCUT2D eigenvalue weighted by atomic mass is 32.2. The molecule has 0 unspecified atom stereocenters. The fourth-order valence-corrected chi connectivity index (χ4v) is 3.47. The van der Waals surface area contributed by atoms with Crippen molar-refractivity contribution in [3.63, 3.8) is 0 Å². The zero-order valence-corrected chi connectivity index (χ0v) is 15.2. The molecule has 3 rings (SSSR count). The van der Waals surface area contributed by atoms with Crippen LogP contribution in [-0.2, 0) is 10.1 Å². The van der Waals surface area contributed by atoms with E-state index < -0.39 is 25.8 Å². The van der Waals surface area contributed by atoms with Crippen molar-refractivity contribution in [2.24, 2.45) is 0 Å². The van der Waals surface area contributed by atoms with Crippen LogP contribution in [0.25, 0.3) is 10.8 Å². The Morgan fingerprint density at radius 2 is 1.79 bits per heavy atom. The van der Waals surface area contributed by atoms with Gasteiger partial charge in [-0.2, -0.15) is 8.42 Å². The molecule has 0 fully saturated rings. The van der Waals surface area contributed by atoms with Gasteiger partial charge in [-0.1, -0.05) is 6.07 Å². The van der Waals surface area contributed by atoms with Crippen molar-refractivity contribution < 1.29 is 27.8 Å². The van der Waals surface area contributed by atoms with Gasteiger partial charge in [-0.05, 0) is 43.3 Å². The lowest BCUT2D eigenvalue weighted by molar-refractivity contribution is -0.385. The number of amides is 1. The summed E-state index contributed by atoms with van der Waals surface area (Å²) in [6.45, 7) is 1.55. The quantitative estimate of drug-likeness (QED) is 0.345. The number of anilines is 1. The molecule has 28 heavy (non-hydrogen) atoms. The molecule has 0 spiro atoms. The molecule has 0 saturated carbocycles. The Balaban J connectivity index is 2.07. The topological polar surface area (TPSA) is 147 Å². The van der Waals surface area contributed by atoms with E-state index in [0.717, 1.165) is 18.2 Å². The van der Waals surface area contributed by atoms with Crippen molar-refractivity contribution in [3.8, 4) is 5.75 Å². The largest absolute Gasteiger partial charge is 0.508 e. The number of hydrogen-bond donors (Lipinski definition) is 3. The van der Waals surface area contributed by atoms with Crippen molar-refractivity contribution in [2.75, 3.05) is 5.32 Å². The molecule has 144 valence electrons. The number of fused-ring (bicyclic) bond motifs is 1. The van der Waals surface area contributed by atoms with Crippen LogP contribution >= 0.6 is 0 Å². The molecule has 1 amide bonds.